The molecule has 0 radical (unpaired) electrons. The zero-order valence-electron chi connectivity index (χ0n) is 10.5. The van der Waals surface area contributed by atoms with Crippen LogP contribution in [0.1, 0.15) is 12.0 Å². The highest BCUT2D eigenvalue weighted by Gasteiger charge is 2.33. The molecule has 1 aromatic rings. The van der Waals surface area contributed by atoms with Crippen molar-refractivity contribution in [3.63, 3.8) is 0 Å². The molecule has 19 heavy (non-hydrogen) atoms. The van der Waals surface area contributed by atoms with E-state index in [2.05, 4.69) is 5.32 Å². The first kappa shape index (κ1) is 14.0. The van der Waals surface area contributed by atoms with Gasteiger partial charge in [0.15, 0.2) is 0 Å². The number of rotatable bonds is 4. The van der Waals surface area contributed by atoms with Crippen molar-refractivity contribution in [1.29, 1.82) is 0 Å². The first-order valence-electron chi connectivity index (χ1n) is 5.99. The van der Waals surface area contributed by atoms with Gasteiger partial charge in [-0.05, 0) is 24.6 Å². The standard InChI is InChI=1S/C12H17N2O5/c1-7-2-3-8(4-9(7)14(17)18)13-12-5-10(16)11(6-15)19-12/h2-4,10-13,15-17H,5-6H2,1H3/q-1. The molecule has 3 atom stereocenters. The van der Waals surface area contributed by atoms with E-state index in [4.69, 9.17) is 15.1 Å². The van der Waals surface area contributed by atoms with Crippen LogP contribution in [-0.4, -0.2) is 40.5 Å². The number of benzene rings is 1. The molecule has 7 heteroatoms. The molecule has 0 aliphatic carbocycles. The Labute approximate surface area is 110 Å². The molecule has 1 aromatic carbocycles. The minimum Gasteiger partial charge on any atom is -0.733 e. The minimum absolute atomic E-state index is 0.141. The lowest BCUT2D eigenvalue weighted by Crippen LogP contribution is -2.25. The fourth-order valence-electron chi connectivity index (χ4n) is 2.08. The maximum atomic E-state index is 10.9. The second-order valence-corrected chi connectivity index (χ2v) is 4.57. The van der Waals surface area contributed by atoms with Crippen LogP contribution >= 0.6 is 0 Å². The third-order valence-electron chi connectivity index (χ3n) is 3.15. The summed E-state index contributed by atoms with van der Waals surface area (Å²) < 4.78 is 5.39. The third-order valence-corrected chi connectivity index (χ3v) is 3.15. The highest BCUT2D eigenvalue weighted by atomic mass is 16.8. The molecule has 2 rings (SSSR count). The van der Waals surface area contributed by atoms with Crippen LogP contribution in [0.15, 0.2) is 18.2 Å². The Bertz CT molecular complexity index is 440. The maximum Gasteiger partial charge on any atom is 0.130 e. The summed E-state index contributed by atoms with van der Waals surface area (Å²) in [6.07, 6.45) is -1.42. The molecular formula is C12H17N2O5-. The van der Waals surface area contributed by atoms with Gasteiger partial charge in [0.05, 0.1) is 18.4 Å². The Balaban J connectivity index is 2.06. The molecule has 106 valence electrons. The molecule has 1 aliphatic rings. The second-order valence-electron chi connectivity index (χ2n) is 4.57. The summed E-state index contributed by atoms with van der Waals surface area (Å²) in [6, 6.07) is 4.92. The predicted octanol–water partition coefficient (Wildman–Crippen LogP) is 0.569. The van der Waals surface area contributed by atoms with Crippen LogP contribution in [0.25, 0.3) is 0 Å². The summed E-state index contributed by atoms with van der Waals surface area (Å²) in [4.78, 5) is 0. The van der Waals surface area contributed by atoms with Gasteiger partial charge < -0.3 is 30.7 Å². The van der Waals surface area contributed by atoms with Crippen LogP contribution in [0.2, 0.25) is 0 Å². The van der Waals surface area contributed by atoms with Crippen molar-refractivity contribution >= 4 is 11.4 Å². The highest BCUT2D eigenvalue weighted by molar-refractivity contribution is 5.61. The first-order chi connectivity index (χ1) is 9.01. The van der Waals surface area contributed by atoms with Crippen LogP contribution in [0.5, 0.6) is 0 Å². The summed E-state index contributed by atoms with van der Waals surface area (Å²) in [5.74, 6) is 0. The van der Waals surface area contributed by atoms with Gasteiger partial charge in [-0.1, -0.05) is 6.07 Å². The molecule has 3 unspecified atom stereocenters. The van der Waals surface area contributed by atoms with Gasteiger partial charge in [0.25, 0.3) is 0 Å². The van der Waals surface area contributed by atoms with Crippen LogP contribution in [0, 0.1) is 12.1 Å². The van der Waals surface area contributed by atoms with Crippen molar-refractivity contribution in [2.24, 2.45) is 0 Å². The average molecular weight is 269 g/mol. The van der Waals surface area contributed by atoms with E-state index in [1.165, 1.54) is 6.07 Å². The summed E-state index contributed by atoms with van der Waals surface area (Å²) >= 11 is 0. The lowest BCUT2D eigenvalue weighted by atomic mass is 10.1. The predicted molar refractivity (Wildman–Crippen MR) is 68.8 cm³/mol. The summed E-state index contributed by atoms with van der Waals surface area (Å²) in [6.45, 7) is 1.46. The van der Waals surface area contributed by atoms with Crippen molar-refractivity contribution in [3.05, 3.63) is 29.0 Å². The lowest BCUT2D eigenvalue weighted by Gasteiger charge is -2.25. The Kier molecular flexibility index (Phi) is 4.23. The molecule has 0 amide bonds. The van der Waals surface area contributed by atoms with Crippen molar-refractivity contribution < 1.29 is 20.2 Å². The summed E-state index contributed by atoms with van der Waals surface area (Å²) in [5.41, 5.74) is 1.37. The number of hydrogen-bond donors (Lipinski definition) is 4. The highest BCUT2D eigenvalue weighted by Crippen LogP contribution is 2.26. The van der Waals surface area contributed by atoms with E-state index in [1.807, 2.05) is 0 Å². The van der Waals surface area contributed by atoms with E-state index in [-0.39, 0.29) is 17.5 Å². The monoisotopic (exact) mass is 269 g/mol. The third kappa shape index (κ3) is 3.14. The molecule has 0 aromatic heterocycles. The number of nitrogens with zero attached hydrogens (tertiary/aromatic N) is 1. The van der Waals surface area contributed by atoms with E-state index in [0.717, 1.165) is 0 Å². The fraction of sp³-hybridized carbons (Fsp3) is 0.500. The number of ether oxygens (including phenoxy) is 1. The van der Waals surface area contributed by atoms with Crippen molar-refractivity contribution in [3.8, 4) is 0 Å². The van der Waals surface area contributed by atoms with Gasteiger partial charge in [-0.15, -0.1) is 0 Å². The molecule has 4 N–H and O–H groups in total. The van der Waals surface area contributed by atoms with E-state index in [0.29, 0.717) is 17.7 Å². The molecule has 7 nitrogen and oxygen atoms in total. The summed E-state index contributed by atoms with van der Waals surface area (Å²) in [5, 5.41) is 41.3. The van der Waals surface area contributed by atoms with Gasteiger partial charge in [-0.3, -0.25) is 5.21 Å². The molecule has 0 saturated carbocycles. The average Bonchev–Trinajstić information content (AvgIpc) is 2.71. The number of aryl methyl sites for hydroxylation is 1. The van der Waals surface area contributed by atoms with Gasteiger partial charge in [0.2, 0.25) is 0 Å². The van der Waals surface area contributed by atoms with Gasteiger partial charge in [0, 0.05) is 12.1 Å². The zero-order chi connectivity index (χ0) is 14.0. The molecule has 0 bridgehead atoms. The smallest absolute Gasteiger partial charge is 0.130 e. The first-order valence-corrected chi connectivity index (χ1v) is 5.99. The zero-order valence-corrected chi connectivity index (χ0v) is 10.5. The minimum atomic E-state index is -0.721. The van der Waals surface area contributed by atoms with Crippen molar-refractivity contribution in [1.82, 2.24) is 0 Å². The normalized spacial score (nSPS) is 26.5. The topological polar surface area (TPSA) is 108 Å². The van der Waals surface area contributed by atoms with Gasteiger partial charge in [0.1, 0.15) is 12.3 Å². The van der Waals surface area contributed by atoms with Crippen molar-refractivity contribution in [2.45, 2.75) is 31.8 Å². The van der Waals surface area contributed by atoms with Crippen LogP contribution in [0.4, 0.5) is 11.4 Å². The molecule has 1 saturated heterocycles. The number of aliphatic hydroxyl groups is 2. The summed E-state index contributed by atoms with van der Waals surface area (Å²) in [7, 11) is 0. The molecule has 0 spiro atoms. The largest absolute Gasteiger partial charge is 0.733 e. The van der Waals surface area contributed by atoms with E-state index in [9.17, 15) is 10.3 Å². The Morgan fingerprint density at radius 3 is 2.84 bits per heavy atom. The quantitative estimate of drug-likeness (QED) is 0.592. The van der Waals surface area contributed by atoms with Crippen LogP contribution in [0.3, 0.4) is 0 Å². The molecular weight excluding hydrogens is 252 g/mol. The molecule has 1 aliphatic heterocycles. The SMILES string of the molecule is Cc1ccc(NC2CC(O)C(CO)O2)cc1N([O-])O. The number of anilines is 2. The number of hydrogen-bond acceptors (Lipinski definition) is 7. The number of aliphatic hydroxyl groups excluding tert-OH is 2. The van der Waals surface area contributed by atoms with E-state index < -0.39 is 18.4 Å². The van der Waals surface area contributed by atoms with E-state index >= 15 is 0 Å². The Morgan fingerprint density at radius 2 is 2.26 bits per heavy atom. The Hall–Kier alpha value is -1.38. The maximum absolute atomic E-state index is 10.9. The van der Waals surface area contributed by atoms with Gasteiger partial charge >= 0.3 is 0 Å². The number of nitrogens with one attached hydrogen (secondary N) is 1. The fourth-order valence-corrected chi connectivity index (χ4v) is 2.08. The van der Waals surface area contributed by atoms with Crippen LogP contribution < -0.4 is 10.5 Å². The van der Waals surface area contributed by atoms with Gasteiger partial charge in [-0.2, -0.15) is 0 Å². The Morgan fingerprint density at radius 1 is 1.53 bits per heavy atom. The molecule has 1 heterocycles. The van der Waals surface area contributed by atoms with Crippen LogP contribution in [-0.2, 0) is 4.74 Å². The van der Waals surface area contributed by atoms with E-state index in [1.54, 1.807) is 19.1 Å². The molecule has 1 fully saturated rings. The second kappa shape index (κ2) is 5.72. The van der Waals surface area contributed by atoms with Gasteiger partial charge in [-0.25, -0.2) is 0 Å². The lowest BCUT2D eigenvalue weighted by molar-refractivity contribution is -0.0149. The van der Waals surface area contributed by atoms with Crippen molar-refractivity contribution in [2.75, 3.05) is 17.2 Å².